The van der Waals surface area contributed by atoms with Gasteiger partial charge in [-0.2, -0.15) is 0 Å². The van der Waals surface area contributed by atoms with E-state index in [1.165, 1.54) is 0 Å². The van der Waals surface area contributed by atoms with Gasteiger partial charge in [0.05, 0.1) is 0 Å². The molecule has 0 saturated carbocycles. The van der Waals surface area contributed by atoms with E-state index in [2.05, 4.69) is 6.58 Å². The first kappa shape index (κ1) is 10.3. The van der Waals surface area contributed by atoms with Crippen molar-refractivity contribution >= 4 is 23.0 Å². The molecule has 0 aliphatic rings. The summed E-state index contributed by atoms with van der Waals surface area (Å²) in [6.07, 6.45) is 2.71. The Morgan fingerprint density at radius 2 is 2.00 bits per heavy atom. The fourth-order valence-corrected chi connectivity index (χ4v) is 0.876. The Morgan fingerprint density at radius 3 is 2.55 bits per heavy atom. The van der Waals surface area contributed by atoms with E-state index < -0.39 is 0 Å². The van der Waals surface area contributed by atoms with Crippen LogP contribution in [0.15, 0.2) is 36.9 Å². The molecule has 1 aromatic rings. The van der Waals surface area contributed by atoms with Crippen molar-refractivity contribution < 1.29 is 0 Å². The number of benzene rings is 1. The van der Waals surface area contributed by atoms with E-state index in [4.69, 9.17) is 5.73 Å². The summed E-state index contributed by atoms with van der Waals surface area (Å²) in [7, 11) is 0. The third-order valence-electron chi connectivity index (χ3n) is 1.42. The summed E-state index contributed by atoms with van der Waals surface area (Å²) >= 11 is 0. The number of para-hydroxylation sites is 1. The van der Waals surface area contributed by atoms with Crippen molar-refractivity contribution in [3.8, 4) is 0 Å². The van der Waals surface area contributed by atoms with Crippen molar-refractivity contribution in [1.82, 2.24) is 0 Å². The standard InChI is InChI=1S/C9H11N.Al.3H/c1-2-5-8-6-3-4-7-9(8)10;;;;/h2-4,6-7H,1,5,10H2;;;;. The lowest BCUT2D eigenvalue weighted by molar-refractivity contribution is 1.28. The molecule has 0 saturated heterocycles. The highest BCUT2D eigenvalue weighted by atomic mass is 27.0. The van der Waals surface area contributed by atoms with E-state index in [0.717, 1.165) is 17.7 Å². The molecule has 2 N–H and O–H groups in total. The second kappa shape index (κ2) is 5.01. The lowest BCUT2D eigenvalue weighted by Crippen LogP contribution is -1.90. The Morgan fingerprint density at radius 1 is 1.36 bits per heavy atom. The minimum Gasteiger partial charge on any atom is -0.398 e. The number of allylic oxidation sites excluding steroid dienone is 1. The summed E-state index contributed by atoms with van der Waals surface area (Å²) in [5.41, 5.74) is 7.66. The fraction of sp³-hybridized carbons (Fsp3) is 0.111. The Hall–Kier alpha value is -0.708. The van der Waals surface area contributed by atoms with Crippen LogP contribution in [-0.2, 0) is 6.42 Å². The minimum absolute atomic E-state index is 0. The van der Waals surface area contributed by atoms with Gasteiger partial charge in [0.2, 0.25) is 0 Å². The molecule has 1 aromatic carbocycles. The number of anilines is 1. The molecule has 0 bridgehead atoms. The van der Waals surface area contributed by atoms with Crippen molar-refractivity contribution in [3.63, 3.8) is 0 Å². The van der Waals surface area contributed by atoms with Gasteiger partial charge >= 0.3 is 0 Å². The first-order chi connectivity index (χ1) is 4.84. The lowest BCUT2D eigenvalue weighted by atomic mass is 10.1. The van der Waals surface area contributed by atoms with Gasteiger partial charge in [-0.3, -0.25) is 0 Å². The van der Waals surface area contributed by atoms with E-state index >= 15 is 0 Å². The number of rotatable bonds is 2. The Labute approximate surface area is 78.1 Å². The zero-order valence-corrected chi connectivity index (χ0v) is 5.88. The molecule has 2 heteroatoms. The summed E-state index contributed by atoms with van der Waals surface area (Å²) in [6.45, 7) is 3.64. The van der Waals surface area contributed by atoms with Gasteiger partial charge in [0.15, 0.2) is 17.4 Å². The van der Waals surface area contributed by atoms with E-state index in [1.807, 2.05) is 30.3 Å². The van der Waals surface area contributed by atoms with Crippen molar-refractivity contribution in [1.29, 1.82) is 0 Å². The first-order valence-corrected chi connectivity index (χ1v) is 3.29. The van der Waals surface area contributed by atoms with E-state index in [0.29, 0.717) is 0 Å². The molecule has 0 amide bonds. The second-order valence-electron chi connectivity index (χ2n) is 2.19. The van der Waals surface area contributed by atoms with Gasteiger partial charge in [-0.15, -0.1) is 6.58 Å². The Balaban J connectivity index is 0.000001000. The summed E-state index contributed by atoms with van der Waals surface area (Å²) in [5, 5.41) is 0. The van der Waals surface area contributed by atoms with E-state index in [1.54, 1.807) is 0 Å². The van der Waals surface area contributed by atoms with Crippen LogP contribution in [0.1, 0.15) is 5.56 Å². The third kappa shape index (κ3) is 2.80. The highest BCUT2D eigenvalue weighted by molar-refractivity contribution is 5.75. The molecule has 58 valence electrons. The summed E-state index contributed by atoms with van der Waals surface area (Å²) < 4.78 is 0. The molecule has 0 radical (unpaired) electrons. The van der Waals surface area contributed by atoms with Gasteiger partial charge in [-0.05, 0) is 18.1 Å². The maximum absolute atomic E-state index is 5.66. The van der Waals surface area contributed by atoms with Gasteiger partial charge in [0.25, 0.3) is 0 Å². The average molecular weight is 163 g/mol. The zero-order valence-electron chi connectivity index (χ0n) is 5.88. The largest absolute Gasteiger partial charge is 0.398 e. The molecule has 11 heavy (non-hydrogen) atoms. The average Bonchev–Trinajstić information content (AvgIpc) is 1.94. The molecule has 0 heterocycles. The number of hydrogen-bond acceptors (Lipinski definition) is 1. The van der Waals surface area contributed by atoms with Gasteiger partial charge < -0.3 is 5.73 Å². The highest BCUT2D eigenvalue weighted by Crippen LogP contribution is 2.10. The van der Waals surface area contributed by atoms with E-state index in [9.17, 15) is 0 Å². The van der Waals surface area contributed by atoms with Crippen molar-refractivity contribution in [2.75, 3.05) is 5.73 Å². The quantitative estimate of drug-likeness (QED) is 0.390. The molecule has 0 fully saturated rings. The van der Waals surface area contributed by atoms with Crippen LogP contribution in [0, 0.1) is 0 Å². The normalized spacial score (nSPS) is 8.36. The molecule has 0 atom stereocenters. The Bertz CT molecular complexity index is 233. The number of hydrogen-bond donors (Lipinski definition) is 1. The smallest absolute Gasteiger partial charge is 0.187 e. The first-order valence-electron chi connectivity index (χ1n) is 3.29. The molecule has 0 aromatic heterocycles. The Kier molecular flexibility index (Phi) is 4.69. The van der Waals surface area contributed by atoms with Gasteiger partial charge in [-0.1, -0.05) is 24.3 Å². The second-order valence-corrected chi connectivity index (χ2v) is 2.19. The minimum atomic E-state index is 0. The van der Waals surface area contributed by atoms with Crippen LogP contribution in [0.2, 0.25) is 0 Å². The molecule has 0 aliphatic carbocycles. The monoisotopic (exact) mass is 163 g/mol. The van der Waals surface area contributed by atoms with Crippen molar-refractivity contribution in [2.45, 2.75) is 6.42 Å². The summed E-state index contributed by atoms with van der Waals surface area (Å²) in [6, 6.07) is 7.83. The van der Waals surface area contributed by atoms with Crippen LogP contribution < -0.4 is 5.73 Å². The lowest BCUT2D eigenvalue weighted by Gasteiger charge is -1.99. The van der Waals surface area contributed by atoms with Crippen LogP contribution in [0.3, 0.4) is 0 Å². The fourth-order valence-electron chi connectivity index (χ4n) is 0.876. The summed E-state index contributed by atoms with van der Waals surface area (Å²) in [4.78, 5) is 0. The highest BCUT2D eigenvalue weighted by Gasteiger charge is 1.91. The SMILES string of the molecule is C=CCc1ccccc1N.[AlH3]. The number of nitrogens with two attached hydrogens (primary N) is 1. The maximum atomic E-state index is 5.66. The molecule has 1 nitrogen and oxygen atoms in total. The molecular weight excluding hydrogens is 149 g/mol. The van der Waals surface area contributed by atoms with Gasteiger partial charge in [0, 0.05) is 5.69 Å². The summed E-state index contributed by atoms with van der Waals surface area (Å²) in [5.74, 6) is 0. The molecule has 0 unspecified atom stereocenters. The van der Waals surface area contributed by atoms with Gasteiger partial charge in [-0.25, -0.2) is 0 Å². The zero-order chi connectivity index (χ0) is 7.40. The van der Waals surface area contributed by atoms with Crippen molar-refractivity contribution in [3.05, 3.63) is 42.5 Å². The predicted molar refractivity (Wildman–Crippen MR) is 54.7 cm³/mol. The van der Waals surface area contributed by atoms with Crippen LogP contribution >= 0.6 is 0 Å². The van der Waals surface area contributed by atoms with Crippen LogP contribution in [0.4, 0.5) is 5.69 Å². The molecular formula is C9H14AlN. The van der Waals surface area contributed by atoms with Crippen LogP contribution in [0.5, 0.6) is 0 Å². The predicted octanol–water partition coefficient (Wildman–Crippen LogP) is 0.813. The van der Waals surface area contributed by atoms with E-state index in [-0.39, 0.29) is 17.4 Å². The molecule has 0 spiro atoms. The number of nitrogen functional groups attached to an aromatic ring is 1. The van der Waals surface area contributed by atoms with Crippen LogP contribution in [0.25, 0.3) is 0 Å². The van der Waals surface area contributed by atoms with Crippen LogP contribution in [-0.4, -0.2) is 17.4 Å². The van der Waals surface area contributed by atoms with Gasteiger partial charge in [0.1, 0.15) is 0 Å². The van der Waals surface area contributed by atoms with Crippen molar-refractivity contribution in [2.24, 2.45) is 0 Å². The third-order valence-corrected chi connectivity index (χ3v) is 1.42. The molecule has 0 aliphatic heterocycles. The maximum Gasteiger partial charge on any atom is 0.187 e. The topological polar surface area (TPSA) is 26.0 Å². The molecule has 1 rings (SSSR count).